The number of benzene rings is 1. The molecule has 3 N–H and O–H groups in total. The van der Waals surface area contributed by atoms with Gasteiger partial charge in [-0.15, -0.1) is 11.8 Å². The minimum atomic E-state index is -0.997. The molecule has 2 aliphatic heterocycles. The number of fused-ring (bicyclic) bond motifs is 1. The Kier molecular flexibility index (Phi) is 7.54. The van der Waals surface area contributed by atoms with Crippen LogP contribution in [-0.2, 0) is 30.6 Å². The molecule has 2 aliphatic rings. The number of oxime groups is 1. The maximum absolute atomic E-state index is 12.9. The molecular weight excluding hydrogens is 530 g/mol. The van der Waals surface area contributed by atoms with Crippen LogP contribution >= 0.6 is 23.4 Å². The van der Waals surface area contributed by atoms with E-state index in [1.807, 2.05) is 0 Å². The Balaban J connectivity index is 1.43. The van der Waals surface area contributed by atoms with E-state index in [1.54, 1.807) is 0 Å². The standard InChI is InChI=1S/C21H18ClN7O7S/c1-35-27-14(17-24-7-6-13(23)25-17)18(30)26-15-19(31)28-16(12(22)9-37-20(15)28)21(32)36-8-10-2-4-11(5-3-10)29(33)34/h2-7,15,20H,8-9H2,1H3,(H,26,30)(H2,23,24,25)/t15?,20-/m1/s1. The second-order valence-corrected chi connectivity index (χ2v) is 9.10. The average Bonchev–Trinajstić information content (AvgIpc) is 2.88. The van der Waals surface area contributed by atoms with Crippen molar-refractivity contribution in [2.75, 3.05) is 18.6 Å². The fourth-order valence-corrected chi connectivity index (χ4v) is 5.02. The van der Waals surface area contributed by atoms with Crippen LogP contribution < -0.4 is 11.1 Å². The molecule has 1 fully saturated rings. The predicted octanol–water partition coefficient (Wildman–Crippen LogP) is 0.911. The molecule has 192 valence electrons. The Bertz CT molecular complexity index is 1330. The van der Waals surface area contributed by atoms with Gasteiger partial charge in [0.2, 0.25) is 5.71 Å². The van der Waals surface area contributed by atoms with E-state index in [4.69, 9.17) is 26.9 Å². The third-order valence-electron chi connectivity index (χ3n) is 5.21. The number of anilines is 1. The van der Waals surface area contributed by atoms with Gasteiger partial charge in [0.1, 0.15) is 36.6 Å². The number of nitrogens with two attached hydrogens (primary N) is 1. The Morgan fingerprint density at radius 3 is 2.73 bits per heavy atom. The lowest BCUT2D eigenvalue weighted by atomic mass is 10.0. The van der Waals surface area contributed by atoms with Crippen LogP contribution in [0.3, 0.4) is 0 Å². The Hall–Kier alpha value is -4.24. The summed E-state index contributed by atoms with van der Waals surface area (Å²) < 4.78 is 5.29. The van der Waals surface area contributed by atoms with Crippen LogP contribution in [0.25, 0.3) is 0 Å². The molecular formula is C21H18ClN7O7S. The monoisotopic (exact) mass is 547 g/mol. The minimum absolute atomic E-state index is 0.0993. The van der Waals surface area contributed by atoms with Gasteiger partial charge in [-0.25, -0.2) is 14.8 Å². The molecule has 2 amide bonds. The van der Waals surface area contributed by atoms with Gasteiger partial charge in [-0.2, -0.15) is 0 Å². The zero-order valence-electron chi connectivity index (χ0n) is 19.0. The number of thioether (sulfide) groups is 1. The molecule has 1 unspecified atom stereocenters. The summed E-state index contributed by atoms with van der Waals surface area (Å²) in [7, 11) is 1.23. The first-order chi connectivity index (χ1) is 17.7. The molecule has 0 saturated carbocycles. The number of non-ortho nitro benzene ring substituents is 1. The van der Waals surface area contributed by atoms with Crippen molar-refractivity contribution in [2.45, 2.75) is 18.0 Å². The number of amides is 2. The normalized spacial score (nSPS) is 19.0. The van der Waals surface area contributed by atoms with Crippen LogP contribution in [0.5, 0.6) is 0 Å². The molecule has 1 aromatic heterocycles. The molecule has 0 aliphatic carbocycles. The third-order valence-corrected chi connectivity index (χ3v) is 6.96. The van der Waals surface area contributed by atoms with Crippen molar-refractivity contribution in [2.24, 2.45) is 5.16 Å². The number of β-lactam (4-membered cyclic amide) rings is 1. The molecule has 0 bridgehead atoms. The summed E-state index contributed by atoms with van der Waals surface area (Å²) in [5, 5.41) is 16.5. The number of esters is 1. The van der Waals surface area contributed by atoms with Crippen LogP contribution in [0.2, 0.25) is 0 Å². The third kappa shape index (κ3) is 5.31. The van der Waals surface area contributed by atoms with Gasteiger partial charge in [0.15, 0.2) is 5.82 Å². The molecule has 4 rings (SSSR count). The summed E-state index contributed by atoms with van der Waals surface area (Å²) in [5.41, 5.74) is 5.62. The summed E-state index contributed by atoms with van der Waals surface area (Å²) in [6.45, 7) is -0.193. The number of nitrogens with zero attached hydrogens (tertiary/aromatic N) is 5. The highest BCUT2D eigenvalue weighted by Gasteiger charge is 2.54. The van der Waals surface area contributed by atoms with Crippen LogP contribution in [0.1, 0.15) is 11.4 Å². The van der Waals surface area contributed by atoms with Crippen molar-refractivity contribution in [3.8, 4) is 0 Å². The Morgan fingerprint density at radius 2 is 2.08 bits per heavy atom. The van der Waals surface area contributed by atoms with Gasteiger partial charge in [-0.3, -0.25) is 24.6 Å². The molecule has 14 nitrogen and oxygen atoms in total. The lowest BCUT2D eigenvalue weighted by molar-refractivity contribution is -0.384. The molecule has 3 heterocycles. The molecule has 37 heavy (non-hydrogen) atoms. The number of carbonyl (C=O) groups excluding carboxylic acids is 3. The van der Waals surface area contributed by atoms with Gasteiger partial charge in [-0.05, 0) is 23.8 Å². The highest BCUT2D eigenvalue weighted by molar-refractivity contribution is 8.00. The molecule has 16 heteroatoms. The highest BCUT2D eigenvalue weighted by Crippen LogP contribution is 2.41. The number of ether oxygens (including phenoxy) is 1. The maximum Gasteiger partial charge on any atom is 0.356 e. The summed E-state index contributed by atoms with van der Waals surface area (Å²) >= 11 is 7.50. The topological polar surface area (TPSA) is 192 Å². The molecule has 0 radical (unpaired) electrons. The molecule has 1 aromatic carbocycles. The molecule has 1 saturated heterocycles. The van der Waals surface area contributed by atoms with Crippen molar-refractivity contribution < 1.29 is 28.9 Å². The number of nitro groups is 1. The van der Waals surface area contributed by atoms with E-state index >= 15 is 0 Å². The number of hydrogen-bond donors (Lipinski definition) is 2. The lowest BCUT2D eigenvalue weighted by Gasteiger charge is -2.49. The van der Waals surface area contributed by atoms with E-state index in [2.05, 4.69) is 20.4 Å². The number of halogens is 1. The van der Waals surface area contributed by atoms with E-state index in [0.717, 1.165) is 4.90 Å². The molecule has 2 atom stereocenters. The smallest absolute Gasteiger partial charge is 0.356 e. The van der Waals surface area contributed by atoms with E-state index in [0.29, 0.717) is 5.56 Å². The lowest BCUT2D eigenvalue weighted by Crippen LogP contribution is -2.71. The van der Waals surface area contributed by atoms with E-state index < -0.39 is 34.1 Å². The fraction of sp³-hybridized carbons (Fsp3) is 0.238. The van der Waals surface area contributed by atoms with Crippen LogP contribution in [0.15, 0.2) is 52.4 Å². The summed E-state index contributed by atoms with van der Waals surface area (Å²) in [4.78, 5) is 62.6. The summed E-state index contributed by atoms with van der Waals surface area (Å²) in [5.74, 6) is -2.02. The summed E-state index contributed by atoms with van der Waals surface area (Å²) in [6, 6.07) is 5.89. The van der Waals surface area contributed by atoms with Gasteiger partial charge < -0.3 is 20.6 Å². The Morgan fingerprint density at radius 1 is 1.35 bits per heavy atom. The number of nitro benzene ring substituents is 1. The SMILES string of the molecule is CON=C(C(=O)NC1C(=O)N2C(C(=O)OCc3ccc([N+](=O)[O-])cc3)=C(Cl)CS[C@H]12)c1nccc(N)n1. The minimum Gasteiger partial charge on any atom is -0.456 e. The van der Waals surface area contributed by atoms with Crippen molar-refractivity contribution in [1.82, 2.24) is 20.2 Å². The van der Waals surface area contributed by atoms with E-state index in [1.165, 1.54) is 55.4 Å². The van der Waals surface area contributed by atoms with E-state index in [-0.39, 0.29) is 46.1 Å². The highest BCUT2D eigenvalue weighted by atomic mass is 35.5. The zero-order chi connectivity index (χ0) is 26.7. The number of hydrogen-bond acceptors (Lipinski definition) is 12. The molecule has 2 aromatic rings. The quantitative estimate of drug-likeness (QED) is 0.157. The number of aromatic nitrogens is 2. The van der Waals surface area contributed by atoms with Crippen LogP contribution in [0, 0.1) is 10.1 Å². The second kappa shape index (κ2) is 10.8. The van der Waals surface area contributed by atoms with Crippen molar-refractivity contribution in [3.05, 3.63) is 68.8 Å². The van der Waals surface area contributed by atoms with E-state index in [9.17, 15) is 24.5 Å². The van der Waals surface area contributed by atoms with Crippen LogP contribution in [0.4, 0.5) is 11.5 Å². The predicted molar refractivity (Wildman–Crippen MR) is 131 cm³/mol. The number of rotatable bonds is 8. The number of nitrogen functional groups attached to an aromatic ring is 1. The van der Waals surface area contributed by atoms with Gasteiger partial charge >= 0.3 is 5.97 Å². The summed E-state index contributed by atoms with van der Waals surface area (Å²) in [6.07, 6.45) is 1.34. The number of nitrogens with one attached hydrogen (secondary N) is 1. The first-order valence-corrected chi connectivity index (χ1v) is 11.9. The largest absolute Gasteiger partial charge is 0.456 e. The fourth-order valence-electron chi connectivity index (χ4n) is 3.47. The zero-order valence-corrected chi connectivity index (χ0v) is 20.6. The average molecular weight is 548 g/mol. The van der Waals surface area contributed by atoms with Crippen molar-refractivity contribution >= 4 is 58.4 Å². The van der Waals surface area contributed by atoms with Gasteiger partial charge in [0.05, 0.1) is 9.96 Å². The second-order valence-electron chi connectivity index (χ2n) is 7.54. The Labute approximate surface area is 218 Å². The first kappa shape index (κ1) is 25.8. The van der Waals surface area contributed by atoms with Gasteiger partial charge in [0.25, 0.3) is 17.5 Å². The number of carbonyl (C=O) groups is 3. The van der Waals surface area contributed by atoms with Gasteiger partial charge in [-0.1, -0.05) is 16.8 Å². The maximum atomic E-state index is 12.9. The van der Waals surface area contributed by atoms with Crippen LogP contribution in [-0.4, -0.2) is 67.6 Å². The van der Waals surface area contributed by atoms with Crippen molar-refractivity contribution in [1.29, 1.82) is 0 Å². The van der Waals surface area contributed by atoms with Crippen molar-refractivity contribution in [3.63, 3.8) is 0 Å². The molecule has 0 spiro atoms. The van der Waals surface area contributed by atoms with Gasteiger partial charge in [0, 0.05) is 24.1 Å². The first-order valence-electron chi connectivity index (χ1n) is 10.5.